The second kappa shape index (κ2) is 11.1. The summed E-state index contributed by atoms with van der Waals surface area (Å²) in [6, 6.07) is 19.4. The molecule has 0 bridgehead atoms. The second-order valence-electron chi connectivity index (χ2n) is 8.96. The molecule has 192 valence electrons. The number of carbonyl (C=O) groups excluding carboxylic acids is 1. The van der Waals surface area contributed by atoms with E-state index in [9.17, 15) is 18.0 Å². The maximum Gasteiger partial charge on any atom is 0.490 e. The monoisotopic (exact) mass is 503 g/mol. The van der Waals surface area contributed by atoms with Crippen LogP contribution in [0.25, 0.3) is 22.0 Å². The van der Waals surface area contributed by atoms with Crippen molar-refractivity contribution in [2.45, 2.75) is 37.5 Å². The molecule has 0 spiro atoms. The fraction of sp³-hybridized carbons (Fsp3) is 0.385. The summed E-state index contributed by atoms with van der Waals surface area (Å²) >= 11 is 0. The van der Waals surface area contributed by atoms with Gasteiger partial charge in [-0.3, -0.25) is 9.69 Å². The lowest BCUT2D eigenvalue weighted by Gasteiger charge is -2.35. The number of rotatable bonds is 4. The summed E-state index contributed by atoms with van der Waals surface area (Å²) in [6.45, 7) is 3.81. The number of nitrogens with zero attached hydrogens (tertiary/aromatic N) is 1. The number of hydrogen-bond acceptors (Lipinski definition) is 4. The molecule has 3 N–H and O–H groups in total. The normalized spacial score (nSPS) is 19.0. The Bertz CT molecular complexity index is 1180. The Morgan fingerprint density at radius 2 is 1.69 bits per heavy atom. The molecule has 2 fully saturated rings. The molecule has 0 saturated carbocycles. The minimum Gasteiger partial charge on any atom is -0.475 e. The zero-order chi connectivity index (χ0) is 25.7. The van der Waals surface area contributed by atoms with Gasteiger partial charge >= 0.3 is 12.1 Å². The van der Waals surface area contributed by atoms with Gasteiger partial charge in [0.2, 0.25) is 0 Å². The van der Waals surface area contributed by atoms with Gasteiger partial charge in [0, 0.05) is 42.7 Å². The molecule has 3 aromatic rings. The van der Waals surface area contributed by atoms with E-state index in [1.807, 2.05) is 24.3 Å². The molecule has 5 rings (SSSR count). The minimum atomic E-state index is -5.08. The first kappa shape index (κ1) is 25.7. The average Bonchev–Trinajstić information content (AvgIpc) is 3.55. The molecule has 1 amide bonds. The van der Waals surface area contributed by atoms with Crippen LogP contribution in [-0.4, -0.2) is 71.4 Å². The molecule has 0 aliphatic carbocycles. The van der Waals surface area contributed by atoms with Gasteiger partial charge in [0.1, 0.15) is 5.69 Å². The number of hydrogen-bond donors (Lipinski definition) is 3. The third-order valence-corrected chi connectivity index (χ3v) is 6.50. The number of benzene rings is 2. The van der Waals surface area contributed by atoms with Crippen molar-refractivity contribution in [1.82, 2.24) is 15.2 Å². The van der Waals surface area contributed by atoms with E-state index in [-0.39, 0.29) is 11.9 Å². The number of halogens is 3. The molecule has 3 heterocycles. The van der Waals surface area contributed by atoms with E-state index in [4.69, 9.17) is 14.6 Å². The number of H-pyrrole nitrogens is 1. The van der Waals surface area contributed by atoms with E-state index in [0.717, 1.165) is 62.0 Å². The molecule has 2 aliphatic rings. The second-order valence-corrected chi connectivity index (χ2v) is 8.96. The highest BCUT2D eigenvalue weighted by Gasteiger charge is 2.38. The molecule has 36 heavy (non-hydrogen) atoms. The Balaban J connectivity index is 0.000000384. The van der Waals surface area contributed by atoms with Crippen LogP contribution < -0.4 is 5.32 Å². The molecule has 2 saturated heterocycles. The fourth-order valence-corrected chi connectivity index (χ4v) is 4.54. The first-order chi connectivity index (χ1) is 17.2. The molecular weight excluding hydrogens is 475 g/mol. The van der Waals surface area contributed by atoms with Crippen molar-refractivity contribution in [1.29, 1.82) is 0 Å². The van der Waals surface area contributed by atoms with Gasteiger partial charge in [0.15, 0.2) is 0 Å². The number of ether oxygens (including phenoxy) is 1. The first-order valence-electron chi connectivity index (χ1n) is 11.8. The Hall–Kier alpha value is -3.37. The van der Waals surface area contributed by atoms with E-state index in [1.54, 1.807) is 0 Å². The zero-order valence-electron chi connectivity index (χ0n) is 19.6. The van der Waals surface area contributed by atoms with Gasteiger partial charge in [-0.05, 0) is 42.5 Å². The van der Waals surface area contributed by atoms with Crippen molar-refractivity contribution < 1.29 is 32.6 Å². The fourth-order valence-electron chi connectivity index (χ4n) is 4.54. The number of nitrogens with one attached hydrogen (secondary N) is 2. The van der Waals surface area contributed by atoms with Crippen LogP contribution in [0.5, 0.6) is 0 Å². The van der Waals surface area contributed by atoms with Crippen LogP contribution in [0.2, 0.25) is 0 Å². The summed E-state index contributed by atoms with van der Waals surface area (Å²) in [5.41, 5.74) is 3.95. The van der Waals surface area contributed by atoms with Crippen molar-refractivity contribution in [3.05, 3.63) is 60.3 Å². The summed E-state index contributed by atoms with van der Waals surface area (Å²) in [5.74, 6) is -2.77. The van der Waals surface area contributed by atoms with Crippen molar-refractivity contribution in [3.8, 4) is 11.1 Å². The van der Waals surface area contributed by atoms with Crippen LogP contribution in [0.4, 0.5) is 13.2 Å². The quantitative estimate of drug-likeness (QED) is 0.489. The third-order valence-electron chi connectivity index (χ3n) is 6.50. The third kappa shape index (κ3) is 6.44. The Labute approximate surface area is 206 Å². The van der Waals surface area contributed by atoms with Crippen molar-refractivity contribution >= 4 is 22.8 Å². The number of likely N-dealkylation sites (tertiary alicyclic amines) is 1. The van der Waals surface area contributed by atoms with E-state index < -0.39 is 12.1 Å². The summed E-state index contributed by atoms with van der Waals surface area (Å²) in [6.07, 6.45) is -1.95. The van der Waals surface area contributed by atoms with Crippen LogP contribution in [0.3, 0.4) is 0 Å². The number of carboxylic acid groups (broad SMARTS) is 1. The average molecular weight is 504 g/mol. The molecule has 1 aromatic heterocycles. The van der Waals surface area contributed by atoms with E-state index >= 15 is 0 Å². The SMILES string of the molecule is O=C(NC1CCN(C2CCOC2)CC1)c1cc2ccc(-c3ccccc3)cc2[nH]1.O=C(O)C(F)(F)F. The Morgan fingerprint density at radius 1 is 1.00 bits per heavy atom. The number of alkyl halides is 3. The molecule has 0 radical (unpaired) electrons. The number of aromatic nitrogens is 1. The molecule has 2 aliphatic heterocycles. The minimum absolute atomic E-state index is 0.00916. The van der Waals surface area contributed by atoms with Crippen LogP contribution in [0.1, 0.15) is 29.8 Å². The lowest BCUT2D eigenvalue weighted by molar-refractivity contribution is -0.192. The van der Waals surface area contributed by atoms with Gasteiger partial charge in [0.05, 0.1) is 6.61 Å². The van der Waals surface area contributed by atoms with Gasteiger partial charge in [-0.2, -0.15) is 13.2 Å². The highest BCUT2D eigenvalue weighted by Crippen LogP contribution is 2.25. The van der Waals surface area contributed by atoms with Gasteiger partial charge in [-0.1, -0.05) is 42.5 Å². The highest BCUT2D eigenvalue weighted by molar-refractivity contribution is 5.99. The molecule has 10 heteroatoms. The molecule has 1 unspecified atom stereocenters. The topological polar surface area (TPSA) is 94.7 Å². The number of aromatic amines is 1. The zero-order valence-corrected chi connectivity index (χ0v) is 19.6. The standard InChI is InChI=1S/C24H27N3O2.C2HF3O2/c28-24(25-20-8-11-27(12-9-20)21-10-13-29-16-21)23-15-19-7-6-18(14-22(19)26-23)17-4-2-1-3-5-17;3-2(4,5)1(6)7/h1-7,14-15,20-21,26H,8-13,16H2,(H,25,28);(H,6,7). The van der Waals surface area contributed by atoms with Gasteiger partial charge in [-0.15, -0.1) is 0 Å². The Kier molecular flexibility index (Phi) is 7.95. The number of aliphatic carboxylic acids is 1. The van der Waals surface area contributed by atoms with Crippen LogP contribution in [0.15, 0.2) is 54.6 Å². The van der Waals surface area contributed by atoms with Gasteiger partial charge in [-0.25, -0.2) is 4.79 Å². The van der Waals surface area contributed by atoms with E-state index in [1.165, 1.54) is 5.56 Å². The van der Waals surface area contributed by atoms with Crippen molar-refractivity contribution in [3.63, 3.8) is 0 Å². The maximum atomic E-state index is 12.8. The summed E-state index contributed by atoms with van der Waals surface area (Å²) < 4.78 is 37.2. The molecule has 2 aromatic carbocycles. The number of carboxylic acids is 1. The summed E-state index contributed by atoms with van der Waals surface area (Å²) in [7, 11) is 0. The lowest BCUT2D eigenvalue weighted by atomic mass is 10.0. The predicted octanol–water partition coefficient (Wildman–Crippen LogP) is 4.45. The van der Waals surface area contributed by atoms with Gasteiger partial charge < -0.3 is 20.1 Å². The number of piperidine rings is 1. The molecular formula is C26H28F3N3O4. The first-order valence-corrected chi connectivity index (χ1v) is 11.8. The van der Waals surface area contributed by atoms with Crippen LogP contribution in [0, 0.1) is 0 Å². The smallest absolute Gasteiger partial charge is 0.475 e. The lowest BCUT2D eigenvalue weighted by Crippen LogP contribution is -2.48. The molecule has 7 nitrogen and oxygen atoms in total. The largest absolute Gasteiger partial charge is 0.490 e. The highest BCUT2D eigenvalue weighted by atomic mass is 19.4. The predicted molar refractivity (Wildman–Crippen MR) is 129 cm³/mol. The number of carbonyl (C=O) groups is 2. The number of amides is 1. The van der Waals surface area contributed by atoms with Crippen molar-refractivity contribution in [2.24, 2.45) is 0 Å². The van der Waals surface area contributed by atoms with Crippen LogP contribution >= 0.6 is 0 Å². The maximum absolute atomic E-state index is 12.8. The van der Waals surface area contributed by atoms with E-state index in [0.29, 0.717) is 11.7 Å². The van der Waals surface area contributed by atoms with Crippen LogP contribution in [-0.2, 0) is 9.53 Å². The van der Waals surface area contributed by atoms with Crippen molar-refractivity contribution in [2.75, 3.05) is 26.3 Å². The Morgan fingerprint density at radius 3 is 2.31 bits per heavy atom. The van der Waals surface area contributed by atoms with E-state index in [2.05, 4.69) is 45.5 Å². The summed E-state index contributed by atoms with van der Waals surface area (Å²) in [5, 5.41) is 11.4. The summed E-state index contributed by atoms with van der Waals surface area (Å²) in [4.78, 5) is 27.5. The molecule has 1 atom stereocenters. The van der Waals surface area contributed by atoms with Gasteiger partial charge in [0.25, 0.3) is 5.91 Å². The number of fused-ring (bicyclic) bond motifs is 1.